The number of amides is 2. The highest BCUT2D eigenvalue weighted by Crippen LogP contribution is 2.22. The number of nitrogens with two attached hydrogens (primary N) is 1. The van der Waals surface area contributed by atoms with E-state index in [2.05, 4.69) is 26.1 Å². The highest BCUT2D eigenvalue weighted by atomic mass is 32.1. The van der Waals surface area contributed by atoms with Crippen molar-refractivity contribution < 1.29 is 9.59 Å². The minimum Gasteiger partial charge on any atom is -0.370 e. The van der Waals surface area contributed by atoms with Gasteiger partial charge < -0.3 is 10.6 Å². The average Bonchev–Trinajstić information content (AvgIpc) is 2.65. The van der Waals surface area contributed by atoms with Gasteiger partial charge in [0.1, 0.15) is 0 Å². The summed E-state index contributed by atoms with van der Waals surface area (Å²) in [6, 6.07) is 17.2. The van der Waals surface area contributed by atoms with Gasteiger partial charge in [-0.2, -0.15) is 0 Å². The normalized spacial score (nSPS) is 11.0. The lowest BCUT2D eigenvalue weighted by Gasteiger charge is -2.25. The van der Waals surface area contributed by atoms with Gasteiger partial charge in [0.25, 0.3) is 5.91 Å². The first-order valence-corrected chi connectivity index (χ1v) is 9.60. The Hall–Kier alpha value is -2.73. The molecule has 0 saturated carbocycles. The molecule has 2 aromatic carbocycles. The molecule has 0 fully saturated rings. The molecule has 0 aliphatic carbocycles. The molecule has 5 nitrogen and oxygen atoms in total. The number of nitrogens with zero attached hydrogens (tertiary/aromatic N) is 1. The van der Waals surface area contributed by atoms with E-state index in [-0.39, 0.29) is 22.9 Å². The van der Waals surface area contributed by atoms with Crippen molar-refractivity contribution in [1.29, 1.82) is 0 Å². The van der Waals surface area contributed by atoms with Crippen LogP contribution in [0.2, 0.25) is 0 Å². The Morgan fingerprint density at radius 2 is 1.64 bits per heavy atom. The van der Waals surface area contributed by atoms with Gasteiger partial charge in [0, 0.05) is 25.1 Å². The summed E-state index contributed by atoms with van der Waals surface area (Å²) in [5.41, 5.74) is 8.01. The molecule has 148 valence electrons. The van der Waals surface area contributed by atoms with Crippen LogP contribution in [0.4, 0.5) is 0 Å². The molecular formula is C22H27N3O2S. The lowest BCUT2D eigenvalue weighted by atomic mass is 9.87. The summed E-state index contributed by atoms with van der Waals surface area (Å²) in [5, 5.41) is 3.04. The lowest BCUT2D eigenvalue weighted by molar-refractivity contribution is -0.118. The van der Waals surface area contributed by atoms with Crippen LogP contribution in [-0.2, 0) is 16.8 Å². The zero-order chi connectivity index (χ0) is 20.7. The van der Waals surface area contributed by atoms with E-state index in [1.165, 1.54) is 0 Å². The number of carbonyl (C=O) groups excluding carboxylic acids is 2. The lowest BCUT2D eigenvalue weighted by Crippen LogP contribution is -2.43. The minimum absolute atomic E-state index is 0.0194. The molecule has 0 spiro atoms. The van der Waals surface area contributed by atoms with Crippen molar-refractivity contribution in [2.45, 2.75) is 39.2 Å². The summed E-state index contributed by atoms with van der Waals surface area (Å²) in [4.78, 5) is 25.6. The number of benzene rings is 2. The third kappa shape index (κ3) is 6.46. The Morgan fingerprint density at radius 3 is 2.18 bits per heavy atom. The molecule has 0 unspecified atom stereocenters. The van der Waals surface area contributed by atoms with Crippen molar-refractivity contribution in [2.24, 2.45) is 5.73 Å². The summed E-state index contributed by atoms with van der Waals surface area (Å²) >= 11 is 5.43. The van der Waals surface area contributed by atoms with Crippen LogP contribution in [0, 0.1) is 0 Å². The van der Waals surface area contributed by atoms with E-state index in [0.717, 1.165) is 11.1 Å². The Balaban J connectivity index is 2.08. The fraction of sp³-hybridized carbons (Fsp3) is 0.318. The number of nitrogens with one attached hydrogen (secondary N) is 1. The predicted molar refractivity (Wildman–Crippen MR) is 116 cm³/mol. The Bertz CT molecular complexity index is 827. The van der Waals surface area contributed by atoms with Crippen molar-refractivity contribution in [3.63, 3.8) is 0 Å². The van der Waals surface area contributed by atoms with Crippen LogP contribution in [0.1, 0.15) is 48.7 Å². The van der Waals surface area contributed by atoms with E-state index in [0.29, 0.717) is 18.7 Å². The summed E-state index contributed by atoms with van der Waals surface area (Å²) in [6.07, 6.45) is 0.156. The maximum absolute atomic E-state index is 12.6. The fourth-order valence-corrected chi connectivity index (χ4v) is 2.92. The molecule has 6 heteroatoms. The van der Waals surface area contributed by atoms with Gasteiger partial charge in [-0.15, -0.1) is 0 Å². The Morgan fingerprint density at radius 1 is 1.04 bits per heavy atom. The molecule has 2 aromatic rings. The largest absolute Gasteiger partial charge is 0.370 e. The molecule has 0 aliphatic heterocycles. The van der Waals surface area contributed by atoms with Crippen LogP contribution in [0.3, 0.4) is 0 Å². The molecule has 0 heterocycles. The number of carbonyl (C=O) groups is 2. The van der Waals surface area contributed by atoms with Crippen molar-refractivity contribution in [3.05, 3.63) is 71.3 Å². The van der Waals surface area contributed by atoms with Crippen LogP contribution < -0.4 is 11.1 Å². The van der Waals surface area contributed by atoms with Crippen molar-refractivity contribution in [2.75, 3.05) is 6.54 Å². The second-order valence-corrected chi connectivity index (χ2v) is 8.10. The van der Waals surface area contributed by atoms with Crippen LogP contribution in [-0.4, -0.2) is 28.4 Å². The minimum atomic E-state index is -0.412. The maximum Gasteiger partial charge on any atom is 0.257 e. The molecule has 2 rings (SSSR count). The number of hydrogen-bond acceptors (Lipinski definition) is 3. The quantitative estimate of drug-likeness (QED) is 0.733. The van der Waals surface area contributed by atoms with Crippen LogP contribution in [0.15, 0.2) is 54.6 Å². The SMILES string of the molecule is CC(C)(C)c1ccc(C(=O)NC(=S)N(CCC(N)=O)Cc2ccccc2)cc1. The molecule has 3 N–H and O–H groups in total. The van der Waals surface area contributed by atoms with Gasteiger partial charge in [-0.25, -0.2) is 0 Å². The molecule has 28 heavy (non-hydrogen) atoms. The van der Waals surface area contributed by atoms with E-state index < -0.39 is 5.91 Å². The van der Waals surface area contributed by atoms with E-state index in [4.69, 9.17) is 18.0 Å². The Kier molecular flexibility index (Phi) is 7.29. The summed E-state index contributed by atoms with van der Waals surface area (Å²) in [7, 11) is 0. The number of thiocarbonyl (C=S) groups is 1. The van der Waals surface area contributed by atoms with Crippen molar-refractivity contribution in [1.82, 2.24) is 10.2 Å². The molecular weight excluding hydrogens is 370 g/mol. The molecule has 0 radical (unpaired) electrons. The van der Waals surface area contributed by atoms with Crippen molar-refractivity contribution >= 4 is 29.1 Å². The van der Waals surface area contributed by atoms with Crippen LogP contribution in [0.25, 0.3) is 0 Å². The van der Waals surface area contributed by atoms with Gasteiger partial charge in [-0.1, -0.05) is 63.2 Å². The first-order chi connectivity index (χ1) is 13.2. The Labute approximate surface area is 171 Å². The summed E-state index contributed by atoms with van der Waals surface area (Å²) in [6.45, 7) is 7.19. The van der Waals surface area contributed by atoms with Gasteiger partial charge in [-0.3, -0.25) is 14.9 Å². The predicted octanol–water partition coefficient (Wildman–Crippen LogP) is 3.38. The molecule has 0 atom stereocenters. The highest BCUT2D eigenvalue weighted by Gasteiger charge is 2.17. The fourth-order valence-electron chi connectivity index (χ4n) is 2.67. The van der Waals surface area contributed by atoms with Gasteiger partial charge in [-0.05, 0) is 40.9 Å². The molecule has 0 aromatic heterocycles. The molecule has 0 saturated heterocycles. The number of hydrogen-bond donors (Lipinski definition) is 2. The standard InChI is InChI=1S/C22H27N3O2S/c1-22(2,3)18-11-9-17(10-12-18)20(27)24-21(28)25(14-13-19(23)26)15-16-7-5-4-6-8-16/h4-12H,13-15H2,1-3H3,(H2,23,26)(H,24,27,28). The number of primary amides is 1. The third-order valence-electron chi connectivity index (χ3n) is 4.37. The van der Waals surface area contributed by atoms with Gasteiger partial charge in [0.2, 0.25) is 5.91 Å². The van der Waals surface area contributed by atoms with Gasteiger partial charge in [0.15, 0.2) is 5.11 Å². The first-order valence-electron chi connectivity index (χ1n) is 9.20. The first kappa shape index (κ1) is 21.6. The van der Waals surface area contributed by atoms with Crippen LogP contribution in [0.5, 0.6) is 0 Å². The monoisotopic (exact) mass is 397 g/mol. The second-order valence-electron chi connectivity index (χ2n) is 7.71. The van der Waals surface area contributed by atoms with E-state index in [9.17, 15) is 9.59 Å². The van der Waals surface area contributed by atoms with Crippen molar-refractivity contribution in [3.8, 4) is 0 Å². The molecule has 0 aliphatic rings. The van der Waals surface area contributed by atoms with Gasteiger partial charge in [0.05, 0.1) is 0 Å². The highest BCUT2D eigenvalue weighted by molar-refractivity contribution is 7.80. The molecule has 2 amide bonds. The second kappa shape index (κ2) is 9.46. The maximum atomic E-state index is 12.6. The van der Waals surface area contributed by atoms with E-state index >= 15 is 0 Å². The zero-order valence-electron chi connectivity index (χ0n) is 16.6. The summed E-state index contributed by atoms with van der Waals surface area (Å²) in [5.74, 6) is -0.687. The van der Waals surface area contributed by atoms with Crippen LogP contribution >= 0.6 is 12.2 Å². The smallest absolute Gasteiger partial charge is 0.257 e. The number of rotatable bonds is 6. The van der Waals surface area contributed by atoms with E-state index in [1.807, 2.05) is 42.5 Å². The topological polar surface area (TPSA) is 75.4 Å². The average molecular weight is 398 g/mol. The van der Waals surface area contributed by atoms with Gasteiger partial charge >= 0.3 is 0 Å². The molecule has 0 bridgehead atoms. The third-order valence-corrected chi connectivity index (χ3v) is 4.73. The zero-order valence-corrected chi connectivity index (χ0v) is 17.4. The summed E-state index contributed by atoms with van der Waals surface area (Å²) < 4.78 is 0. The van der Waals surface area contributed by atoms with E-state index in [1.54, 1.807) is 17.0 Å².